The van der Waals surface area contributed by atoms with Crippen molar-refractivity contribution in [3.8, 4) is 5.75 Å². The van der Waals surface area contributed by atoms with Gasteiger partial charge in [0, 0.05) is 17.5 Å². The van der Waals surface area contributed by atoms with Gasteiger partial charge < -0.3 is 14.6 Å². The molecule has 0 bridgehead atoms. The molecule has 0 radical (unpaired) electrons. The molecule has 23 heavy (non-hydrogen) atoms. The smallest absolute Gasteiger partial charge is 0.341 e. The highest BCUT2D eigenvalue weighted by Crippen LogP contribution is 2.37. The molecule has 1 aliphatic heterocycles. The zero-order valence-corrected chi connectivity index (χ0v) is 13.4. The normalized spacial score (nSPS) is 13.7. The Labute approximate surface area is 133 Å². The van der Waals surface area contributed by atoms with Crippen LogP contribution in [0.15, 0.2) is 11.6 Å². The van der Waals surface area contributed by atoms with E-state index < -0.39 is 17.8 Å². The lowest BCUT2D eigenvalue weighted by Crippen LogP contribution is -2.07. The van der Waals surface area contributed by atoms with Crippen LogP contribution in [0.4, 0.5) is 4.39 Å². The van der Waals surface area contributed by atoms with E-state index in [9.17, 15) is 14.0 Å². The lowest BCUT2D eigenvalue weighted by molar-refractivity contribution is -0.136. The number of hydrogen-bond acceptors (Lipinski definition) is 4. The first-order valence-electron chi connectivity index (χ1n) is 7.29. The van der Waals surface area contributed by atoms with Gasteiger partial charge in [-0.05, 0) is 32.3 Å². The van der Waals surface area contributed by atoms with E-state index in [0.29, 0.717) is 23.3 Å². The topological polar surface area (TPSA) is 72.8 Å². The highest BCUT2D eigenvalue weighted by atomic mass is 19.1. The minimum atomic E-state index is -0.877. The van der Waals surface area contributed by atoms with Gasteiger partial charge in [-0.1, -0.05) is 11.6 Å². The molecule has 6 heteroatoms. The van der Waals surface area contributed by atoms with Crippen LogP contribution in [-0.4, -0.2) is 24.2 Å². The van der Waals surface area contributed by atoms with E-state index in [1.54, 1.807) is 19.9 Å². The molecule has 0 unspecified atom stereocenters. The molecule has 124 valence electrons. The van der Waals surface area contributed by atoms with Gasteiger partial charge in [0.05, 0.1) is 7.11 Å². The van der Waals surface area contributed by atoms with E-state index in [4.69, 9.17) is 14.6 Å². The summed E-state index contributed by atoms with van der Waals surface area (Å²) in [5, 5.41) is 8.69. The zero-order chi connectivity index (χ0) is 17.1. The highest BCUT2D eigenvalue weighted by Gasteiger charge is 2.32. The monoisotopic (exact) mass is 322 g/mol. The third kappa shape index (κ3) is 3.36. The fraction of sp³-hybridized carbons (Fsp3) is 0.412. The van der Waals surface area contributed by atoms with E-state index in [-0.39, 0.29) is 30.6 Å². The standard InChI is InChI=1S/C17H19FO5/c1-9(5-7-13(19)20)4-6-11-15(18)14-12(8-23-17(14)21)10(2)16(11)22-3/h4H,5-8H2,1-3H3,(H,19,20)/b9-4+. The van der Waals surface area contributed by atoms with Crippen LogP contribution >= 0.6 is 0 Å². The Bertz CT molecular complexity index is 691. The Morgan fingerprint density at radius 2 is 2.13 bits per heavy atom. The number of allylic oxidation sites excluding steroid dienone is 2. The molecule has 0 fully saturated rings. The molecule has 2 rings (SSSR count). The number of aliphatic carboxylic acids is 1. The van der Waals surface area contributed by atoms with Crippen molar-refractivity contribution in [3.05, 3.63) is 39.7 Å². The van der Waals surface area contributed by atoms with Crippen molar-refractivity contribution in [2.45, 2.75) is 39.7 Å². The lowest BCUT2D eigenvalue weighted by atomic mass is 9.95. The lowest BCUT2D eigenvalue weighted by Gasteiger charge is -2.15. The number of carboxylic acid groups (broad SMARTS) is 1. The van der Waals surface area contributed by atoms with Crippen LogP contribution in [0.3, 0.4) is 0 Å². The van der Waals surface area contributed by atoms with Gasteiger partial charge in [0.15, 0.2) is 0 Å². The minimum Gasteiger partial charge on any atom is -0.496 e. The molecule has 0 aliphatic carbocycles. The fourth-order valence-corrected chi connectivity index (χ4v) is 2.68. The average molecular weight is 322 g/mol. The van der Waals surface area contributed by atoms with Crippen LogP contribution in [-0.2, 0) is 22.6 Å². The predicted molar refractivity (Wildman–Crippen MR) is 81.1 cm³/mol. The second-order valence-electron chi connectivity index (χ2n) is 5.53. The molecule has 1 aromatic rings. The fourth-order valence-electron chi connectivity index (χ4n) is 2.68. The van der Waals surface area contributed by atoms with E-state index in [0.717, 1.165) is 5.57 Å². The first-order chi connectivity index (χ1) is 10.9. The molecule has 0 saturated carbocycles. The van der Waals surface area contributed by atoms with Gasteiger partial charge >= 0.3 is 11.9 Å². The van der Waals surface area contributed by atoms with Crippen molar-refractivity contribution in [1.82, 2.24) is 0 Å². The minimum absolute atomic E-state index is 0.0186. The first-order valence-corrected chi connectivity index (χ1v) is 7.29. The van der Waals surface area contributed by atoms with Gasteiger partial charge in [-0.2, -0.15) is 0 Å². The molecule has 0 aromatic heterocycles. The third-order valence-electron chi connectivity index (χ3n) is 4.00. The van der Waals surface area contributed by atoms with E-state index in [2.05, 4.69) is 0 Å². The van der Waals surface area contributed by atoms with Crippen LogP contribution < -0.4 is 4.74 Å². The van der Waals surface area contributed by atoms with Gasteiger partial charge in [0.2, 0.25) is 0 Å². The Morgan fingerprint density at radius 3 is 2.74 bits per heavy atom. The zero-order valence-electron chi connectivity index (χ0n) is 13.4. The van der Waals surface area contributed by atoms with Gasteiger partial charge in [-0.3, -0.25) is 4.79 Å². The Kier molecular flexibility index (Phi) is 5.03. The number of halogens is 1. The number of carbonyl (C=O) groups excluding carboxylic acids is 1. The maximum Gasteiger partial charge on any atom is 0.341 e. The van der Waals surface area contributed by atoms with E-state index in [1.165, 1.54) is 7.11 Å². The summed E-state index contributed by atoms with van der Waals surface area (Å²) in [4.78, 5) is 22.3. The maximum atomic E-state index is 14.7. The number of methoxy groups -OCH3 is 1. The molecule has 1 aromatic carbocycles. The number of hydrogen-bond donors (Lipinski definition) is 1. The number of cyclic esters (lactones) is 1. The van der Waals surface area contributed by atoms with Crippen molar-refractivity contribution in [2.24, 2.45) is 0 Å². The van der Waals surface area contributed by atoms with Gasteiger partial charge in [-0.15, -0.1) is 0 Å². The maximum absolute atomic E-state index is 14.7. The summed E-state index contributed by atoms with van der Waals surface area (Å²) < 4.78 is 24.9. The van der Waals surface area contributed by atoms with Crippen molar-refractivity contribution >= 4 is 11.9 Å². The summed E-state index contributed by atoms with van der Waals surface area (Å²) in [6, 6.07) is 0. The third-order valence-corrected chi connectivity index (χ3v) is 4.00. The molecule has 0 saturated heterocycles. The summed E-state index contributed by atoms with van der Waals surface area (Å²) in [6.45, 7) is 3.62. The number of carboxylic acids is 1. The SMILES string of the molecule is COc1c(C)c2c(c(F)c1C/C=C(\C)CCC(=O)O)C(=O)OC2. The summed E-state index contributed by atoms with van der Waals surface area (Å²) in [5.74, 6) is -1.75. The van der Waals surface area contributed by atoms with Crippen molar-refractivity contribution < 1.29 is 28.6 Å². The van der Waals surface area contributed by atoms with Gasteiger partial charge in [0.1, 0.15) is 23.7 Å². The Hall–Kier alpha value is -2.37. The van der Waals surface area contributed by atoms with Gasteiger partial charge in [0.25, 0.3) is 0 Å². The summed E-state index contributed by atoms with van der Waals surface area (Å²) in [6.07, 6.45) is 2.40. The summed E-state index contributed by atoms with van der Waals surface area (Å²) in [7, 11) is 1.45. The molecular formula is C17H19FO5. The highest BCUT2D eigenvalue weighted by molar-refractivity contribution is 5.95. The molecule has 0 spiro atoms. The molecule has 1 heterocycles. The number of benzene rings is 1. The molecular weight excluding hydrogens is 303 g/mol. The van der Waals surface area contributed by atoms with Crippen LogP contribution in [0.1, 0.15) is 46.8 Å². The quantitative estimate of drug-likeness (QED) is 0.643. The van der Waals surface area contributed by atoms with E-state index >= 15 is 0 Å². The summed E-state index contributed by atoms with van der Waals surface area (Å²) >= 11 is 0. The number of fused-ring (bicyclic) bond motifs is 1. The molecule has 0 atom stereocenters. The largest absolute Gasteiger partial charge is 0.496 e. The second kappa shape index (κ2) is 6.81. The average Bonchev–Trinajstić information content (AvgIpc) is 2.89. The van der Waals surface area contributed by atoms with Crippen LogP contribution in [0.5, 0.6) is 5.75 Å². The number of esters is 1. The van der Waals surface area contributed by atoms with Crippen molar-refractivity contribution in [2.75, 3.05) is 7.11 Å². The molecule has 1 N–H and O–H groups in total. The van der Waals surface area contributed by atoms with Gasteiger partial charge in [-0.25, -0.2) is 9.18 Å². The van der Waals surface area contributed by atoms with Crippen molar-refractivity contribution in [1.29, 1.82) is 0 Å². The summed E-state index contributed by atoms with van der Waals surface area (Å²) in [5.41, 5.74) is 2.34. The van der Waals surface area contributed by atoms with Crippen LogP contribution in [0.2, 0.25) is 0 Å². The number of rotatable bonds is 6. The Morgan fingerprint density at radius 1 is 1.43 bits per heavy atom. The first kappa shape index (κ1) is 17.0. The number of ether oxygens (including phenoxy) is 2. The molecule has 1 aliphatic rings. The predicted octanol–water partition coefficient (Wildman–Crippen LogP) is 3.17. The second-order valence-corrected chi connectivity index (χ2v) is 5.53. The van der Waals surface area contributed by atoms with Crippen molar-refractivity contribution in [3.63, 3.8) is 0 Å². The molecule has 0 amide bonds. The van der Waals surface area contributed by atoms with Crippen LogP contribution in [0.25, 0.3) is 0 Å². The number of carbonyl (C=O) groups is 2. The molecule has 5 nitrogen and oxygen atoms in total. The Balaban J connectivity index is 2.37. The van der Waals surface area contributed by atoms with E-state index in [1.807, 2.05) is 0 Å². The van der Waals surface area contributed by atoms with Crippen LogP contribution in [0, 0.1) is 12.7 Å².